The maximum atomic E-state index is 12.2. The van der Waals surface area contributed by atoms with Crippen LogP contribution in [0.1, 0.15) is 16.8 Å². The molecule has 1 aliphatic rings. The first kappa shape index (κ1) is 20.4. The molecule has 1 aliphatic heterocycles. The summed E-state index contributed by atoms with van der Waals surface area (Å²) in [6, 6.07) is 16.6. The fourth-order valence-corrected chi connectivity index (χ4v) is 4.01. The fraction of sp³-hybridized carbons (Fsp3) is 0.381. The second-order valence-corrected chi connectivity index (χ2v) is 9.09. The lowest BCUT2D eigenvalue weighted by atomic mass is 10.2. The molecule has 0 aliphatic carbocycles. The number of hydrogen-bond donors (Lipinski definition) is 1. The van der Waals surface area contributed by atoms with Crippen LogP contribution in [0.2, 0.25) is 0 Å². The molecule has 1 N–H and O–H groups in total. The van der Waals surface area contributed by atoms with Crippen LogP contribution in [0, 0.1) is 0 Å². The first-order valence-corrected chi connectivity index (χ1v) is 11.4. The highest BCUT2D eigenvalue weighted by molar-refractivity contribution is 7.90. The molecule has 2 aromatic rings. The third-order valence-corrected chi connectivity index (χ3v) is 6.06. The van der Waals surface area contributed by atoms with Gasteiger partial charge in [-0.3, -0.25) is 9.69 Å². The first-order valence-electron chi connectivity index (χ1n) is 9.54. The van der Waals surface area contributed by atoms with Crippen LogP contribution in [0.5, 0.6) is 0 Å². The average molecular weight is 402 g/mol. The molecular formula is C21H27N3O3S. The Morgan fingerprint density at radius 2 is 1.71 bits per heavy atom. The van der Waals surface area contributed by atoms with Gasteiger partial charge in [-0.1, -0.05) is 24.3 Å². The number of benzene rings is 2. The van der Waals surface area contributed by atoms with Crippen LogP contribution in [0.15, 0.2) is 59.5 Å². The fourth-order valence-electron chi connectivity index (χ4n) is 3.34. The highest BCUT2D eigenvalue weighted by atomic mass is 32.2. The van der Waals surface area contributed by atoms with Crippen molar-refractivity contribution < 1.29 is 13.2 Å². The van der Waals surface area contributed by atoms with Gasteiger partial charge in [0.15, 0.2) is 9.84 Å². The van der Waals surface area contributed by atoms with E-state index in [0.29, 0.717) is 12.1 Å². The molecule has 0 aromatic heterocycles. The Bertz CT molecular complexity index is 892. The molecule has 1 heterocycles. The van der Waals surface area contributed by atoms with Gasteiger partial charge < -0.3 is 10.2 Å². The van der Waals surface area contributed by atoms with Crippen LogP contribution in [0.4, 0.5) is 5.69 Å². The van der Waals surface area contributed by atoms with Crippen LogP contribution < -0.4 is 10.2 Å². The molecule has 6 nitrogen and oxygen atoms in total. The van der Waals surface area contributed by atoms with E-state index in [1.165, 1.54) is 17.8 Å². The van der Waals surface area contributed by atoms with Crippen LogP contribution in [-0.2, 0) is 9.84 Å². The number of sulfone groups is 1. The molecule has 0 saturated carbocycles. The van der Waals surface area contributed by atoms with Gasteiger partial charge >= 0.3 is 0 Å². The van der Waals surface area contributed by atoms with E-state index in [0.717, 1.165) is 45.4 Å². The standard InChI is InChI=1S/C21H27N3O3S/c1-28(26,27)20-10-5-7-18(17-20)21(25)22-11-6-12-23-13-15-24(16-14-23)19-8-3-2-4-9-19/h2-5,7-10,17H,6,11-16H2,1H3,(H,22,25). The number of piperazine rings is 1. The van der Waals surface area contributed by atoms with Crippen molar-refractivity contribution in [1.82, 2.24) is 10.2 Å². The van der Waals surface area contributed by atoms with Crippen LogP contribution in [0.25, 0.3) is 0 Å². The van der Waals surface area contributed by atoms with Gasteiger partial charge in [0.2, 0.25) is 0 Å². The first-order chi connectivity index (χ1) is 13.4. The van der Waals surface area contributed by atoms with E-state index in [1.54, 1.807) is 12.1 Å². The van der Waals surface area contributed by atoms with Gasteiger partial charge in [-0.05, 0) is 43.3 Å². The van der Waals surface area contributed by atoms with Crippen molar-refractivity contribution >= 4 is 21.4 Å². The van der Waals surface area contributed by atoms with E-state index in [9.17, 15) is 13.2 Å². The van der Waals surface area contributed by atoms with E-state index in [-0.39, 0.29) is 10.8 Å². The van der Waals surface area contributed by atoms with Gasteiger partial charge in [-0.15, -0.1) is 0 Å². The Morgan fingerprint density at radius 3 is 2.39 bits per heavy atom. The quantitative estimate of drug-likeness (QED) is 0.719. The monoisotopic (exact) mass is 401 g/mol. The van der Waals surface area contributed by atoms with Crippen molar-refractivity contribution in [2.45, 2.75) is 11.3 Å². The lowest BCUT2D eigenvalue weighted by Gasteiger charge is -2.36. The molecule has 1 amide bonds. The molecule has 0 radical (unpaired) electrons. The Balaban J connectivity index is 1.39. The number of carbonyl (C=O) groups excluding carboxylic acids is 1. The maximum Gasteiger partial charge on any atom is 0.251 e. The molecule has 1 saturated heterocycles. The summed E-state index contributed by atoms with van der Waals surface area (Å²) < 4.78 is 23.2. The van der Waals surface area contributed by atoms with Crippen molar-refractivity contribution in [3.63, 3.8) is 0 Å². The highest BCUT2D eigenvalue weighted by Gasteiger charge is 2.17. The van der Waals surface area contributed by atoms with E-state index in [2.05, 4.69) is 39.4 Å². The van der Waals surface area contributed by atoms with Crippen LogP contribution >= 0.6 is 0 Å². The number of nitrogens with zero attached hydrogens (tertiary/aromatic N) is 2. The normalized spacial score (nSPS) is 15.4. The number of para-hydroxylation sites is 1. The van der Waals surface area contributed by atoms with Gasteiger partial charge in [-0.25, -0.2) is 8.42 Å². The molecule has 3 rings (SSSR count). The minimum atomic E-state index is -3.31. The Labute approximate surface area is 167 Å². The Kier molecular flexibility index (Phi) is 6.70. The SMILES string of the molecule is CS(=O)(=O)c1cccc(C(=O)NCCCN2CCN(c3ccccc3)CC2)c1. The van der Waals surface area contributed by atoms with Gasteiger partial charge in [0, 0.05) is 50.2 Å². The largest absolute Gasteiger partial charge is 0.369 e. The number of anilines is 1. The predicted octanol–water partition coefficient (Wildman–Crippen LogP) is 2.03. The molecule has 0 spiro atoms. The molecule has 1 fully saturated rings. The summed E-state index contributed by atoms with van der Waals surface area (Å²) in [6.07, 6.45) is 2.00. The Morgan fingerprint density at radius 1 is 1.00 bits per heavy atom. The number of nitrogens with one attached hydrogen (secondary N) is 1. The lowest BCUT2D eigenvalue weighted by molar-refractivity contribution is 0.0951. The lowest BCUT2D eigenvalue weighted by Crippen LogP contribution is -2.47. The summed E-state index contributed by atoms with van der Waals surface area (Å²) in [7, 11) is -3.31. The van der Waals surface area contributed by atoms with Crippen molar-refractivity contribution in [2.75, 3.05) is 50.4 Å². The minimum absolute atomic E-state index is 0.163. The van der Waals surface area contributed by atoms with Crippen molar-refractivity contribution in [3.8, 4) is 0 Å². The van der Waals surface area contributed by atoms with Crippen LogP contribution in [-0.4, -0.2) is 64.7 Å². The topological polar surface area (TPSA) is 69.7 Å². The summed E-state index contributed by atoms with van der Waals surface area (Å²) in [5.41, 5.74) is 1.64. The van der Waals surface area contributed by atoms with E-state index < -0.39 is 9.84 Å². The van der Waals surface area contributed by atoms with Gasteiger partial charge in [0.05, 0.1) is 4.90 Å². The molecule has 7 heteroatoms. The third-order valence-electron chi connectivity index (χ3n) is 4.95. The molecule has 28 heavy (non-hydrogen) atoms. The van der Waals surface area contributed by atoms with Gasteiger partial charge in [0.1, 0.15) is 0 Å². The molecule has 150 valence electrons. The summed E-state index contributed by atoms with van der Waals surface area (Å²) >= 11 is 0. The molecule has 0 atom stereocenters. The number of carbonyl (C=O) groups is 1. The second-order valence-electron chi connectivity index (χ2n) is 7.07. The van der Waals surface area contributed by atoms with Crippen molar-refractivity contribution in [2.24, 2.45) is 0 Å². The maximum absolute atomic E-state index is 12.2. The summed E-state index contributed by atoms with van der Waals surface area (Å²) in [6.45, 7) is 5.55. The minimum Gasteiger partial charge on any atom is -0.369 e. The molecule has 0 bridgehead atoms. The summed E-state index contributed by atoms with van der Waals surface area (Å²) in [4.78, 5) is 17.2. The number of rotatable bonds is 7. The van der Waals surface area contributed by atoms with E-state index in [4.69, 9.17) is 0 Å². The zero-order valence-corrected chi connectivity index (χ0v) is 17.0. The zero-order chi connectivity index (χ0) is 20.0. The Hall–Kier alpha value is -2.38. The average Bonchev–Trinajstić information content (AvgIpc) is 2.71. The number of amides is 1. The third kappa shape index (κ3) is 5.56. The molecule has 0 unspecified atom stereocenters. The second kappa shape index (κ2) is 9.21. The van der Waals surface area contributed by atoms with E-state index >= 15 is 0 Å². The zero-order valence-electron chi connectivity index (χ0n) is 16.2. The molecule has 2 aromatic carbocycles. The van der Waals surface area contributed by atoms with Crippen molar-refractivity contribution in [3.05, 3.63) is 60.2 Å². The van der Waals surface area contributed by atoms with Gasteiger partial charge in [-0.2, -0.15) is 0 Å². The smallest absolute Gasteiger partial charge is 0.251 e. The van der Waals surface area contributed by atoms with E-state index in [1.807, 2.05) is 6.07 Å². The van der Waals surface area contributed by atoms with Crippen molar-refractivity contribution in [1.29, 1.82) is 0 Å². The highest BCUT2D eigenvalue weighted by Crippen LogP contribution is 2.15. The van der Waals surface area contributed by atoms with Crippen LogP contribution in [0.3, 0.4) is 0 Å². The summed E-state index contributed by atoms with van der Waals surface area (Å²) in [5, 5.41) is 2.88. The molecular weight excluding hydrogens is 374 g/mol. The predicted molar refractivity (Wildman–Crippen MR) is 112 cm³/mol. The number of hydrogen-bond acceptors (Lipinski definition) is 5. The van der Waals surface area contributed by atoms with Gasteiger partial charge in [0.25, 0.3) is 5.91 Å². The summed E-state index contributed by atoms with van der Waals surface area (Å²) in [5.74, 6) is -0.237.